The topological polar surface area (TPSA) is 115 Å². The van der Waals surface area contributed by atoms with Crippen LogP contribution in [0.15, 0.2) is 24.3 Å². The molecule has 3 heterocycles. The third-order valence-electron chi connectivity index (χ3n) is 5.85. The zero-order valence-corrected chi connectivity index (χ0v) is 19.4. The average molecular weight is 487 g/mol. The lowest BCUT2D eigenvalue weighted by molar-refractivity contribution is -0.0138. The Bertz CT molecular complexity index is 1340. The third-order valence-corrected chi connectivity index (χ3v) is 6.06. The van der Waals surface area contributed by atoms with Gasteiger partial charge in [-0.2, -0.15) is 5.26 Å². The fourth-order valence-corrected chi connectivity index (χ4v) is 4.22. The molecule has 1 aliphatic heterocycles. The van der Waals surface area contributed by atoms with Crippen molar-refractivity contribution in [3.05, 3.63) is 51.9 Å². The summed E-state index contributed by atoms with van der Waals surface area (Å²) in [5.74, 6) is -4.92. The van der Waals surface area contributed by atoms with E-state index in [0.717, 1.165) is 5.56 Å². The lowest BCUT2D eigenvalue weighted by Crippen LogP contribution is -2.27. The van der Waals surface area contributed by atoms with Crippen molar-refractivity contribution in [3.63, 3.8) is 0 Å². The van der Waals surface area contributed by atoms with E-state index in [9.17, 15) is 23.9 Å². The van der Waals surface area contributed by atoms with Gasteiger partial charge in [0.05, 0.1) is 29.3 Å². The number of hydrogen-bond donors (Lipinski definition) is 2. The van der Waals surface area contributed by atoms with Gasteiger partial charge in [-0.25, -0.2) is 28.5 Å². The number of carboxylic acid groups (broad SMARTS) is 1. The molecule has 1 fully saturated rings. The van der Waals surface area contributed by atoms with Crippen molar-refractivity contribution in [2.24, 2.45) is 5.92 Å². The molecule has 1 saturated heterocycles. The number of fused-ring (bicyclic) bond motifs is 1. The second-order valence-electron chi connectivity index (χ2n) is 8.47. The first kappa shape index (κ1) is 23.6. The van der Waals surface area contributed by atoms with Crippen LogP contribution in [-0.4, -0.2) is 45.0 Å². The Morgan fingerprint density at radius 3 is 2.71 bits per heavy atom. The van der Waals surface area contributed by atoms with E-state index >= 15 is 0 Å². The molecule has 1 aromatic carbocycles. The van der Waals surface area contributed by atoms with Crippen LogP contribution in [0.4, 0.5) is 20.3 Å². The molecule has 1 aliphatic rings. The zero-order chi connectivity index (χ0) is 24.8. The van der Waals surface area contributed by atoms with Gasteiger partial charge in [0.15, 0.2) is 17.2 Å². The summed E-state index contributed by atoms with van der Waals surface area (Å²) in [6.07, 6.45) is 0. The van der Waals surface area contributed by atoms with Gasteiger partial charge in [-0.3, -0.25) is 0 Å². The highest BCUT2D eigenvalue weighted by Gasteiger charge is 2.46. The zero-order valence-electron chi connectivity index (χ0n) is 18.6. The lowest BCUT2D eigenvalue weighted by Gasteiger charge is -2.22. The maximum Gasteiger partial charge on any atom is 0.356 e. The Hall–Kier alpha value is -3.58. The van der Waals surface area contributed by atoms with Gasteiger partial charge in [0.2, 0.25) is 0 Å². The number of carboxylic acids is 1. The number of aromatic nitrogens is 3. The molecule has 2 unspecified atom stereocenters. The van der Waals surface area contributed by atoms with E-state index in [0.29, 0.717) is 16.6 Å². The Morgan fingerprint density at radius 1 is 1.35 bits per heavy atom. The van der Waals surface area contributed by atoms with Gasteiger partial charge in [0, 0.05) is 18.0 Å². The number of rotatable bonds is 5. The normalized spacial score (nSPS) is 18.0. The van der Waals surface area contributed by atoms with Crippen LogP contribution in [0, 0.1) is 24.2 Å². The summed E-state index contributed by atoms with van der Waals surface area (Å²) in [6.45, 7) is 4.62. The number of alkyl halides is 2. The number of nitriles is 1. The highest BCUT2D eigenvalue weighted by molar-refractivity contribution is 6.29. The van der Waals surface area contributed by atoms with Crippen LogP contribution in [0.1, 0.15) is 47.2 Å². The molecule has 2 atom stereocenters. The SMILES string of the molecule is Cc1cc(C(C)Nc2ccc(Cl)nc2C(=O)O)c2nc(N3CC(C)C(F)(F)C3)c(C#N)nc2c1. The number of carbonyl (C=O) groups is 1. The predicted octanol–water partition coefficient (Wildman–Crippen LogP) is 4.82. The summed E-state index contributed by atoms with van der Waals surface area (Å²) in [6, 6.07) is 8.13. The third kappa shape index (κ3) is 4.31. The van der Waals surface area contributed by atoms with Crippen molar-refractivity contribution >= 4 is 40.1 Å². The van der Waals surface area contributed by atoms with Crippen LogP contribution in [0.3, 0.4) is 0 Å². The highest BCUT2D eigenvalue weighted by atomic mass is 35.5. The fraction of sp³-hybridized carbons (Fsp3) is 0.348. The summed E-state index contributed by atoms with van der Waals surface area (Å²) in [7, 11) is 0. The van der Waals surface area contributed by atoms with E-state index in [-0.39, 0.29) is 34.6 Å². The number of hydrogen-bond acceptors (Lipinski definition) is 7. The summed E-state index contributed by atoms with van der Waals surface area (Å²) in [4.78, 5) is 25.9. The minimum atomic E-state index is -2.90. The van der Waals surface area contributed by atoms with Crippen LogP contribution in [0.2, 0.25) is 5.15 Å². The van der Waals surface area contributed by atoms with Gasteiger partial charge in [-0.15, -0.1) is 0 Å². The first-order valence-corrected chi connectivity index (χ1v) is 10.9. The van der Waals surface area contributed by atoms with E-state index in [1.807, 2.05) is 19.1 Å². The van der Waals surface area contributed by atoms with Crippen molar-refractivity contribution in [1.82, 2.24) is 15.0 Å². The van der Waals surface area contributed by atoms with Crippen LogP contribution in [-0.2, 0) is 0 Å². The Labute approximate surface area is 199 Å². The minimum Gasteiger partial charge on any atom is -0.476 e. The highest BCUT2D eigenvalue weighted by Crippen LogP contribution is 2.37. The van der Waals surface area contributed by atoms with Crippen LogP contribution in [0.5, 0.6) is 0 Å². The molecule has 2 N–H and O–H groups in total. The summed E-state index contributed by atoms with van der Waals surface area (Å²) < 4.78 is 28.4. The molecule has 11 heteroatoms. The lowest BCUT2D eigenvalue weighted by atomic mass is 10.0. The number of anilines is 2. The van der Waals surface area contributed by atoms with E-state index in [1.165, 1.54) is 24.0 Å². The van der Waals surface area contributed by atoms with E-state index in [1.54, 1.807) is 13.0 Å². The quantitative estimate of drug-likeness (QED) is 0.493. The van der Waals surface area contributed by atoms with E-state index < -0.39 is 30.4 Å². The number of aryl methyl sites for hydroxylation is 1. The van der Waals surface area contributed by atoms with E-state index in [4.69, 9.17) is 11.6 Å². The first-order chi connectivity index (χ1) is 16.0. The molecule has 3 aromatic rings. The van der Waals surface area contributed by atoms with Gasteiger partial charge in [-0.1, -0.05) is 24.6 Å². The summed E-state index contributed by atoms with van der Waals surface area (Å²) in [5, 5.41) is 22.3. The Kier molecular flexibility index (Phi) is 6.00. The van der Waals surface area contributed by atoms with Crippen molar-refractivity contribution in [3.8, 4) is 6.07 Å². The van der Waals surface area contributed by atoms with Crippen LogP contribution < -0.4 is 10.2 Å². The molecule has 0 spiro atoms. The van der Waals surface area contributed by atoms with Gasteiger partial charge in [-0.05, 0) is 37.6 Å². The standard InChI is InChI=1S/C23H21ClF2N6O2/c1-11-6-14(13(3)28-15-4-5-18(24)30-20(15)22(33)34)19-16(7-11)29-17(8-27)21(31-19)32-9-12(2)23(25,26)10-32/h4-7,12-13,28H,9-10H2,1-3H3,(H,33,34). The first-order valence-electron chi connectivity index (χ1n) is 10.5. The van der Waals surface area contributed by atoms with Crippen molar-refractivity contribution in [2.75, 3.05) is 23.3 Å². The molecule has 0 saturated carbocycles. The Balaban J connectivity index is 1.81. The van der Waals surface area contributed by atoms with Crippen LogP contribution >= 0.6 is 11.6 Å². The maximum atomic E-state index is 14.2. The largest absolute Gasteiger partial charge is 0.476 e. The molecule has 0 radical (unpaired) electrons. The smallest absolute Gasteiger partial charge is 0.356 e. The molecule has 2 aromatic heterocycles. The molecular formula is C23H21ClF2N6O2. The second kappa shape index (κ2) is 8.65. The van der Waals surface area contributed by atoms with Gasteiger partial charge < -0.3 is 15.3 Å². The van der Waals surface area contributed by atoms with Gasteiger partial charge in [0.25, 0.3) is 5.92 Å². The van der Waals surface area contributed by atoms with Crippen molar-refractivity contribution in [2.45, 2.75) is 32.7 Å². The van der Waals surface area contributed by atoms with Gasteiger partial charge >= 0.3 is 5.97 Å². The fourth-order valence-electron chi connectivity index (χ4n) is 4.08. The molecule has 34 heavy (non-hydrogen) atoms. The number of nitrogens with zero attached hydrogens (tertiary/aromatic N) is 5. The maximum absolute atomic E-state index is 14.2. The second-order valence-corrected chi connectivity index (χ2v) is 8.86. The number of aromatic carboxylic acids is 1. The number of pyridine rings is 1. The molecule has 0 bridgehead atoms. The van der Waals surface area contributed by atoms with Crippen molar-refractivity contribution < 1.29 is 18.7 Å². The molecule has 0 aliphatic carbocycles. The summed E-state index contributed by atoms with van der Waals surface area (Å²) in [5.41, 5.74) is 2.38. The molecule has 176 valence electrons. The van der Waals surface area contributed by atoms with Gasteiger partial charge in [0.1, 0.15) is 11.2 Å². The van der Waals surface area contributed by atoms with E-state index in [2.05, 4.69) is 20.3 Å². The summed E-state index contributed by atoms with van der Waals surface area (Å²) >= 11 is 5.85. The molecule has 0 amide bonds. The number of benzene rings is 1. The predicted molar refractivity (Wildman–Crippen MR) is 124 cm³/mol. The number of nitrogens with one attached hydrogen (secondary N) is 1. The average Bonchev–Trinajstić information content (AvgIpc) is 3.05. The van der Waals surface area contributed by atoms with Crippen LogP contribution in [0.25, 0.3) is 11.0 Å². The van der Waals surface area contributed by atoms with Crippen molar-refractivity contribution in [1.29, 1.82) is 5.26 Å². The Morgan fingerprint density at radius 2 is 2.09 bits per heavy atom. The molecule has 4 rings (SSSR count). The number of halogens is 3. The monoisotopic (exact) mass is 486 g/mol. The molecular weight excluding hydrogens is 466 g/mol. The molecule has 8 nitrogen and oxygen atoms in total. The minimum absolute atomic E-state index is 0.0235.